The summed E-state index contributed by atoms with van der Waals surface area (Å²) < 4.78 is 5.88. The summed E-state index contributed by atoms with van der Waals surface area (Å²) in [5.74, 6) is 1.56. The summed E-state index contributed by atoms with van der Waals surface area (Å²) in [6.07, 6.45) is 6.36. The van der Waals surface area contributed by atoms with Crippen LogP contribution in [0.1, 0.15) is 26.7 Å². The van der Waals surface area contributed by atoms with E-state index in [1.807, 2.05) is 11.6 Å². The van der Waals surface area contributed by atoms with Gasteiger partial charge >= 0.3 is 0 Å². The van der Waals surface area contributed by atoms with Crippen LogP contribution >= 0.6 is 11.3 Å². The van der Waals surface area contributed by atoms with Gasteiger partial charge in [0, 0.05) is 44.3 Å². The molecule has 2 fully saturated rings. The number of piperazine rings is 1. The first-order valence-corrected chi connectivity index (χ1v) is 10.7. The number of aliphatic hydroxyl groups excluding tert-OH is 1. The highest BCUT2D eigenvalue weighted by Crippen LogP contribution is 2.59. The molecule has 6 heteroatoms. The lowest BCUT2D eigenvalue weighted by Gasteiger charge is -2.56. The number of hydrogen-bond acceptors (Lipinski definition) is 6. The fraction of sp³-hybridized carbons (Fsp3) is 0.750. The molecule has 26 heavy (non-hydrogen) atoms. The molecule has 0 aromatic carbocycles. The smallest absolute Gasteiger partial charge is 0.185 e. The van der Waals surface area contributed by atoms with Crippen LogP contribution in [-0.2, 0) is 4.74 Å². The van der Waals surface area contributed by atoms with E-state index in [1.54, 1.807) is 11.3 Å². The Hall–Kier alpha value is -0.950. The van der Waals surface area contributed by atoms with E-state index in [0.29, 0.717) is 31.1 Å². The van der Waals surface area contributed by atoms with E-state index in [-0.39, 0.29) is 0 Å². The lowest BCUT2D eigenvalue weighted by molar-refractivity contribution is -0.0262. The molecule has 4 aliphatic rings. The Morgan fingerprint density at radius 1 is 1.35 bits per heavy atom. The molecule has 2 bridgehead atoms. The molecular formula is C20H31N3O2S. The number of β-amino-alcohol motifs (C(OH)–C–C–N with tert-alkyl or cyclic N) is 1. The van der Waals surface area contributed by atoms with Gasteiger partial charge in [-0.15, -0.1) is 11.3 Å². The molecule has 3 atom stereocenters. The van der Waals surface area contributed by atoms with E-state index in [1.165, 1.54) is 18.4 Å². The Labute approximate surface area is 160 Å². The molecule has 1 saturated heterocycles. The van der Waals surface area contributed by atoms with Crippen molar-refractivity contribution in [3.05, 3.63) is 23.2 Å². The topological polar surface area (TPSA) is 48.8 Å². The quantitative estimate of drug-likeness (QED) is 0.740. The van der Waals surface area contributed by atoms with Crippen molar-refractivity contribution in [1.29, 1.82) is 0 Å². The number of anilines is 1. The van der Waals surface area contributed by atoms with Gasteiger partial charge in [-0.05, 0) is 35.7 Å². The molecule has 2 heterocycles. The third-order valence-corrected chi connectivity index (χ3v) is 7.52. The summed E-state index contributed by atoms with van der Waals surface area (Å²) in [7, 11) is 0. The number of aliphatic hydroxyl groups is 1. The Morgan fingerprint density at radius 2 is 2.15 bits per heavy atom. The third kappa shape index (κ3) is 3.70. The zero-order valence-corrected chi connectivity index (χ0v) is 16.7. The van der Waals surface area contributed by atoms with Gasteiger partial charge in [0.25, 0.3) is 0 Å². The van der Waals surface area contributed by atoms with Gasteiger partial charge < -0.3 is 14.7 Å². The van der Waals surface area contributed by atoms with Crippen LogP contribution in [0, 0.1) is 17.3 Å². The summed E-state index contributed by atoms with van der Waals surface area (Å²) in [6.45, 7) is 10.5. The lowest BCUT2D eigenvalue weighted by Crippen LogP contribution is -2.49. The average molecular weight is 378 g/mol. The number of hydrogen-bond donors (Lipinski definition) is 1. The van der Waals surface area contributed by atoms with Crippen molar-refractivity contribution < 1.29 is 9.84 Å². The van der Waals surface area contributed by atoms with Gasteiger partial charge in [0.2, 0.25) is 0 Å². The van der Waals surface area contributed by atoms with Gasteiger partial charge in [0.05, 0.1) is 19.3 Å². The van der Waals surface area contributed by atoms with Crippen LogP contribution in [0.2, 0.25) is 0 Å². The molecule has 5 nitrogen and oxygen atoms in total. The summed E-state index contributed by atoms with van der Waals surface area (Å²) in [5.41, 5.74) is 1.91. The summed E-state index contributed by atoms with van der Waals surface area (Å²) in [4.78, 5) is 9.04. The van der Waals surface area contributed by atoms with E-state index in [0.717, 1.165) is 37.2 Å². The molecule has 1 saturated carbocycles. The van der Waals surface area contributed by atoms with E-state index in [9.17, 15) is 5.11 Å². The van der Waals surface area contributed by atoms with Crippen molar-refractivity contribution >= 4 is 16.5 Å². The molecular weight excluding hydrogens is 346 g/mol. The fourth-order valence-corrected chi connectivity index (χ4v) is 5.49. The van der Waals surface area contributed by atoms with E-state index < -0.39 is 6.10 Å². The molecule has 1 aromatic heterocycles. The van der Waals surface area contributed by atoms with E-state index in [2.05, 4.69) is 34.7 Å². The van der Waals surface area contributed by atoms with E-state index in [4.69, 9.17) is 4.74 Å². The average Bonchev–Trinajstić information content (AvgIpc) is 3.17. The molecule has 3 aliphatic carbocycles. The fourth-order valence-electron chi connectivity index (χ4n) is 4.80. The SMILES string of the molecule is CC1(C)[C@H]2CC=C(COC[C@@H](O)CN3CCN(c4nccs4)CC3)[C@H]1C2. The molecule has 1 aromatic rings. The minimum Gasteiger partial charge on any atom is -0.389 e. The van der Waals surface area contributed by atoms with Crippen LogP contribution in [0.15, 0.2) is 23.2 Å². The number of thiazole rings is 1. The molecule has 0 radical (unpaired) electrons. The standard InChI is InChI=1S/C20H31N3O2S/c1-20(2)16-4-3-15(18(20)11-16)13-25-14-17(24)12-22-6-8-23(9-7-22)19-21-5-10-26-19/h3,5,10,16-18,24H,4,6-9,11-14H2,1-2H3/t16-,17-,18+/m0/s1. The number of nitrogens with zero attached hydrogens (tertiary/aromatic N) is 3. The van der Waals surface area contributed by atoms with Gasteiger partial charge in [-0.25, -0.2) is 4.98 Å². The molecule has 1 aliphatic heterocycles. The molecule has 0 amide bonds. The predicted octanol–water partition coefficient (Wildman–Crippen LogP) is 2.64. The van der Waals surface area contributed by atoms with Crippen molar-refractivity contribution in [1.82, 2.24) is 9.88 Å². The largest absolute Gasteiger partial charge is 0.389 e. The highest BCUT2D eigenvalue weighted by atomic mass is 32.1. The van der Waals surface area contributed by atoms with Gasteiger partial charge in [-0.2, -0.15) is 0 Å². The highest BCUT2D eigenvalue weighted by molar-refractivity contribution is 7.13. The first-order valence-electron chi connectivity index (χ1n) is 9.85. The Bertz CT molecular complexity index is 623. The Kier molecular flexibility index (Phi) is 5.37. The Balaban J connectivity index is 1.15. The first kappa shape index (κ1) is 18.4. The minimum absolute atomic E-state index is 0.409. The molecule has 0 unspecified atom stereocenters. The number of rotatable bonds is 7. The van der Waals surface area contributed by atoms with Gasteiger partial charge in [0.15, 0.2) is 5.13 Å². The van der Waals surface area contributed by atoms with Gasteiger partial charge in [-0.3, -0.25) is 4.90 Å². The van der Waals surface area contributed by atoms with Crippen molar-refractivity contribution in [3.8, 4) is 0 Å². The maximum atomic E-state index is 10.3. The minimum atomic E-state index is -0.409. The van der Waals surface area contributed by atoms with Gasteiger partial charge in [0.1, 0.15) is 0 Å². The zero-order valence-electron chi connectivity index (χ0n) is 15.9. The van der Waals surface area contributed by atoms with Crippen molar-refractivity contribution in [3.63, 3.8) is 0 Å². The van der Waals surface area contributed by atoms with Crippen LogP contribution in [0.4, 0.5) is 5.13 Å². The Morgan fingerprint density at radius 3 is 2.81 bits per heavy atom. The number of fused-ring (bicyclic) bond motifs is 1. The third-order valence-electron chi connectivity index (χ3n) is 6.69. The second kappa shape index (κ2) is 7.58. The summed E-state index contributed by atoms with van der Waals surface area (Å²) in [6, 6.07) is 0. The van der Waals surface area contributed by atoms with Crippen molar-refractivity contribution in [2.24, 2.45) is 17.3 Å². The monoisotopic (exact) mass is 377 g/mol. The number of aromatic nitrogens is 1. The molecule has 144 valence electrons. The maximum Gasteiger partial charge on any atom is 0.185 e. The second-order valence-corrected chi connectivity index (χ2v) is 9.47. The number of allylic oxidation sites excluding steroid dienone is 1. The van der Waals surface area contributed by atoms with Crippen LogP contribution in [-0.4, -0.2) is 67.0 Å². The lowest BCUT2D eigenvalue weighted by atomic mass is 9.49. The van der Waals surface area contributed by atoms with E-state index >= 15 is 0 Å². The van der Waals surface area contributed by atoms with Crippen LogP contribution in [0.5, 0.6) is 0 Å². The molecule has 5 rings (SSSR count). The normalized spacial score (nSPS) is 29.2. The van der Waals surface area contributed by atoms with Crippen molar-refractivity contribution in [2.45, 2.75) is 32.8 Å². The highest BCUT2D eigenvalue weighted by Gasteiger charge is 2.50. The van der Waals surface area contributed by atoms with Crippen LogP contribution < -0.4 is 4.90 Å². The molecule has 0 spiro atoms. The maximum absolute atomic E-state index is 10.3. The predicted molar refractivity (Wildman–Crippen MR) is 106 cm³/mol. The van der Waals surface area contributed by atoms with Gasteiger partial charge in [-0.1, -0.05) is 19.9 Å². The van der Waals surface area contributed by atoms with Crippen LogP contribution in [0.3, 0.4) is 0 Å². The second-order valence-electron chi connectivity index (χ2n) is 8.59. The van der Waals surface area contributed by atoms with Crippen LogP contribution in [0.25, 0.3) is 0 Å². The summed E-state index contributed by atoms with van der Waals surface area (Å²) >= 11 is 1.69. The summed E-state index contributed by atoms with van der Waals surface area (Å²) in [5, 5.41) is 13.5. The zero-order chi connectivity index (χ0) is 18.1. The first-order chi connectivity index (χ1) is 12.5. The number of ether oxygens (including phenoxy) is 1. The molecule has 1 N–H and O–H groups in total. The van der Waals surface area contributed by atoms with Crippen molar-refractivity contribution in [2.75, 3.05) is 50.8 Å².